The maximum absolute atomic E-state index is 12.6. The maximum Gasteiger partial charge on any atom is 0.317 e. The number of carbonyl (C=O) groups excluding carboxylic acids is 1. The number of aliphatic hydroxyl groups excluding tert-OH is 1. The van der Waals surface area contributed by atoms with Gasteiger partial charge in [0, 0.05) is 54.2 Å². The third-order valence-electron chi connectivity index (χ3n) is 6.98. The summed E-state index contributed by atoms with van der Waals surface area (Å²) in [6, 6.07) is 7.04. The summed E-state index contributed by atoms with van der Waals surface area (Å²) >= 11 is 0. The van der Waals surface area contributed by atoms with E-state index in [1.807, 2.05) is 25.7 Å². The monoisotopic (exact) mass is 398 g/mol. The zero-order valence-electron chi connectivity index (χ0n) is 18.0. The van der Waals surface area contributed by atoms with Gasteiger partial charge < -0.3 is 25.2 Å². The fourth-order valence-electron chi connectivity index (χ4n) is 5.43. The van der Waals surface area contributed by atoms with Crippen molar-refractivity contribution in [1.29, 1.82) is 0 Å². The number of benzene rings is 1. The number of H-pyrrole nitrogens is 1. The SMILES string of the molecule is CCC(O)c1[nH]c2cccc3c2c1C[C@@H]1C3C[C@H](NC(=O)N(CC)CC)CN1C. The fraction of sp³-hybridized carbons (Fsp3) is 0.609. The molecule has 4 atom stereocenters. The number of aliphatic hydroxyl groups is 1. The molecule has 0 spiro atoms. The second kappa shape index (κ2) is 8.00. The molecule has 2 aliphatic rings. The molecule has 0 saturated carbocycles. The summed E-state index contributed by atoms with van der Waals surface area (Å²) in [7, 11) is 2.17. The molecule has 6 heteroatoms. The highest BCUT2D eigenvalue weighted by atomic mass is 16.3. The number of aromatic amines is 1. The lowest BCUT2D eigenvalue weighted by atomic mass is 9.73. The molecule has 1 aliphatic heterocycles. The van der Waals surface area contributed by atoms with Gasteiger partial charge in [0.15, 0.2) is 0 Å². The zero-order chi connectivity index (χ0) is 20.7. The van der Waals surface area contributed by atoms with Crippen LogP contribution < -0.4 is 5.32 Å². The van der Waals surface area contributed by atoms with Gasteiger partial charge in [-0.2, -0.15) is 0 Å². The first-order valence-electron chi connectivity index (χ1n) is 11.0. The Balaban J connectivity index is 1.66. The van der Waals surface area contributed by atoms with Crippen molar-refractivity contribution < 1.29 is 9.90 Å². The van der Waals surface area contributed by atoms with Crippen molar-refractivity contribution in [2.24, 2.45) is 0 Å². The van der Waals surface area contributed by atoms with Crippen LogP contribution in [0.4, 0.5) is 4.79 Å². The fourth-order valence-corrected chi connectivity index (χ4v) is 5.43. The number of urea groups is 1. The number of piperidine rings is 1. The highest BCUT2D eigenvalue weighted by molar-refractivity contribution is 5.90. The molecule has 2 aromatic rings. The van der Waals surface area contributed by atoms with E-state index in [4.69, 9.17) is 0 Å². The smallest absolute Gasteiger partial charge is 0.317 e. The van der Waals surface area contributed by atoms with Crippen LogP contribution in [0.2, 0.25) is 0 Å². The second-order valence-corrected chi connectivity index (χ2v) is 8.58. The Morgan fingerprint density at radius 1 is 1.34 bits per heavy atom. The highest BCUT2D eigenvalue weighted by Gasteiger charge is 2.41. The molecule has 0 bridgehead atoms. The Bertz CT molecular complexity index is 888. The second-order valence-electron chi connectivity index (χ2n) is 8.58. The van der Waals surface area contributed by atoms with Gasteiger partial charge in [0.05, 0.1) is 6.10 Å². The normalized spacial score (nSPS) is 24.9. The number of rotatable bonds is 5. The maximum atomic E-state index is 12.6. The van der Waals surface area contributed by atoms with Crippen LogP contribution in [0.25, 0.3) is 10.9 Å². The largest absolute Gasteiger partial charge is 0.387 e. The molecular formula is C23H34N4O2. The van der Waals surface area contributed by atoms with E-state index in [0.717, 1.165) is 43.7 Å². The molecule has 158 valence electrons. The van der Waals surface area contributed by atoms with Crippen molar-refractivity contribution in [2.75, 3.05) is 26.7 Å². The van der Waals surface area contributed by atoms with Gasteiger partial charge in [0.25, 0.3) is 0 Å². The lowest BCUT2D eigenvalue weighted by Crippen LogP contribution is -2.56. The van der Waals surface area contributed by atoms with Gasteiger partial charge in [-0.15, -0.1) is 0 Å². The number of carbonyl (C=O) groups is 1. The number of likely N-dealkylation sites (N-methyl/N-ethyl adjacent to an activating group) is 1. The Labute approximate surface area is 173 Å². The van der Waals surface area contributed by atoms with Crippen molar-refractivity contribution in [1.82, 2.24) is 20.1 Å². The first-order chi connectivity index (χ1) is 14.0. The average molecular weight is 399 g/mol. The molecule has 4 rings (SSSR count). The summed E-state index contributed by atoms with van der Waals surface area (Å²) in [5, 5.41) is 15.1. The third kappa shape index (κ3) is 3.42. The Morgan fingerprint density at radius 3 is 2.79 bits per heavy atom. The van der Waals surface area contributed by atoms with Gasteiger partial charge in [-0.25, -0.2) is 4.79 Å². The van der Waals surface area contributed by atoms with E-state index in [1.54, 1.807) is 0 Å². The van der Waals surface area contributed by atoms with E-state index >= 15 is 0 Å². The van der Waals surface area contributed by atoms with Crippen LogP contribution in [0.15, 0.2) is 18.2 Å². The topological polar surface area (TPSA) is 71.6 Å². The number of nitrogens with one attached hydrogen (secondary N) is 2. The zero-order valence-corrected chi connectivity index (χ0v) is 18.0. The van der Waals surface area contributed by atoms with Crippen LogP contribution in [0, 0.1) is 0 Å². The molecular weight excluding hydrogens is 364 g/mol. The molecule has 1 fully saturated rings. The van der Waals surface area contributed by atoms with Crippen molar-refractivity contribution in [3.05, 3.63) is 35.0 Å². The summed E-state index contributed by atoms with van der Waals surface area (Å²) < 4.78 is 0. The van der Waals surface area contributed by atoms with E-state index in [2.05, 4.69) is 40.4 Å². The van der Waals surface area contributed by atoms with Gasteiger partial charge in [-0.05, 0) is 57.4 Å². The van der Waals surface area contributed by atoms with E-state index in [1.165, 1.54) is 16.5 Å². The Hall–Kier alpha value is -2.05. The molecule has 2 heterocycles. The minimum Gasteiger partial charge on any atom is -0.387 e. The molecule has 1 saturated heterocycles. The molecule has 3 N–H and O–H groups in total. The van der Waals surface area contributed by atoms with E-state index in [0.29, 0.717) is 18.4 Å². The number of nitrogens with zero attached hydrogens (tertiary/aromatic N) is 2. The van der Waals surface area contributed by atoms with Crippen molar-refractivity contribution in [3.8, 4) is 0 Å². The summed E-state index contributed by atoms with van der Waals surface area (Å²) in [6.45, 7) is 8.37. The van der Waals surface area contributed by atoms with Crippen LogP contribution in [-0.2, 0) is 6.42 Å². The van der Waals surface area contributed by atoms with Crippen LogP contribution >= 0.6 is 0 Å². The lowest BCUT2D eigenvalue weighted by molar-refractivity contribution is 0.122. The van der Waals surface area contributed by atoms with Gasteiger partial charge in [-0.3, -0.25) is 0 Å². The van der Waals surface area contributed by atoms with Crippen LogP contribution in [0.1, 0.15) is 62.5 Å². The number of likely N-dealkylation sites (tertiary alicyclic amines) is 1. The summed E-state index contributed by atoms with van der Waals surface area (Å²) in [4.78, 5) is 20.3. The summed E-state index contributed by atoms with van der Waals surface area (Å²) in [6.07, 6.45) is 2.16. The third-order valence-corrected chi connectivity index (χ3v) is 6.98. The lowest BCUT2D eigenvalue weighted by Gasteiger charge is -2.46. The van der Waals surface area contributed by atoms with Gasteiger partial charge in [-0.1, -0.05) is 19.1 Å². The molecule has 2 amide bonds. The molecule has 1 aliphatic carbocycles. The van der Waals surface area contributed by atoms with E-state index in [9.17, 15) is 9.90 Å². The standard InChI is InChI=1S/C23H34N4O2/c1-5-20(28)22-17-12-19-16(15-9-8-10-18(25-22)21(15)17)11-14(13-26(19)4)24-23(29)27(6-2)7-3/h8-10,14,16,19-20,25,28H,5-7,11-13H2,1-4H3,(H,24,29)/t14-,16?,19+,20?/m0/s1. The van der Waals surface area contributed by atoms with Crippen molar-refractivity contribution in [2.45, 2.75) is 64.1 Å². The van der Waals surface area contributed by atoms with Gasteiger partial charge in [0.1, 0.15) is 0 Å². The molecule has 29 heavy (non-hydrogen) atoms. The number of amides is 2. The minimum atomic E-state index is -0.447. The number of aromatic nitrogens is 1. The van der Waals surface area contributed by atoms with E-state index in [-0.39, 0.29) is 12.1 Å². The Kier molecular flexibility index (Phi) is 5.58. The summed E-state index contributed by atoms with van der Waals surface area (Å²) in [5.41, 5.74) is 4.74. The first-order valence-corrected chi connectivity index (χ1v) is 11.0. The predicted molar refractivity (Wildman–Crippen MR) is 116 cm³/mol. The molecule has 1 aromatic carbocycles. The molecule has 0 radical (unpaired) electrons. The predicted octanol–water partition coefficient (Wildman–Crippen LogP) is 3.38. The molecule has 6 nitrogen and oxygen atoms in total. The first kappa shape index (κ1) is 20.2. The van der Waals surface area contributed by atoms with Crippen LogP contribution in [0.3, 0.4) is 0 Å². The number of fused-ring (bicyclic) bond motifs is 2. The van der Waals surface area contributed by atoms with Crippen LogP contribution in [0.5, 0.6) is 0 Å². The number of hydrogen-bond donors (Lipinski definition) is 3. The molecule has 2 unspecified atom stereocenters. The number of hydrogen-bond acceptors (Lipinski definition) is 3. The quantitative estimate of drug-likeness (QED) is 0.723. The summed E-state index contributed by atoms with van der Waals surface area (Å²) in [5.74, 6) is 0.384. The molecule has 1 aromatic heterocycles. The van der Waals surface area contributed by atoms with Gasteiger partial charge >= 0.3 is 6.03 Å². The van der Waals surface area contributed by atoms with Crippen molar-refractivity contribution in [3.63, 3.8) is 0 Å². The van der Waals surface area contributed by atoms with E-state index < -0.39 is 6.10 Å². The Morgan fingerprint density at radius 2 is 2.10 bits per heavy atom. The van der Waals surface area contributed by atoms with Crippen molar-refractivity contribution >= 4 is 16.9 Å². The average Bonchev–Trinajstić information content (AvgIpc) is 3.09. The van der Waals surface area contributed by atoms with Crippen LogP contribution in [-0.4, -0.2) is 64.7 Å². The highest BCUT2D eigenvalue weighted by Crippen LogP contribution is 2.45. The minimum absolute atomic E-state index is 0.0385. The van der Waals surface area contributed by atoms with Gasteiger partial charge in [0.2, 0.25) is 0 Å².